The predicted molar refractivity (Wildman–Crippen MR) is 143 cm³/mol. The predicted octanol–water partition coefficient (Wildman–Crippen LogP) is 5.80. The monoisotopic (exact) mass is 510 g/mol. The maximum absolute atomic E-state index is 14.3. The number of nitrogen functional groups attached to an aromatic ring is 1. The highest BCUT2D eigenvalue weighted by Crippen LogP contribution is 2.52. The summed E-state index contributed by atoms with van der Waals surface area (Å²) in [6.45, 7) is 8.57. The Hall–Kier alpha value is -3.26. The highest BCUT2D eigenvalue weighted by atomic mass is 35.5. The Morgan fingerprint density at radius 3 is 2.64 bits per heavy atom. The average molecular weight is 511 g/mol. The van der Waals surface area contributed by atoms with Crippen molar-refractivity contribution >= 4 is 29.4 Å². The smallest absolute Gasteiger partial charge is 0.251 e. The summed E-state index contributed by atoms with van der Waals surface area (Å²) in [7, 11) is 0. The summed E-state index contributed by atoms with van der Waals surface area (Å²) in [5.41, 5.74) is 8.81. The van der Waals surface area contributed by atoms with Crippen molar-refractivity contribution in [2.24, 2.45) is 11.3 Å². The standard InChI is InChI=1S/C27H31FN6O.ClH/c1-15(2)27(4)13-18(21-9-6-10-30-26(21)35)12-20(14-27)34-24(17-7-5-8-19(28)11-17)33-22-23(29)31-16(3)32-25(22)34;/h5-11,15,18,20H,12-14H2,1-4H3,(H,30,35)(H2,29,31,32);1H. The van der Waals surface area contributed by atoms with E-state index in [1.165, 1.54) is 12.1 Å². The number of benzene rings is 1. The van der Waals surface area contributed by atoms with Crippen molar-refractivity contribution in [2.45, 2.75) is 58.9 Å². The highest BCUT2D eigenvalue weighted by molar-refractivity contribution is 5.86. The molecule has 5 rings (SSSR count). The number of fused-ring (bicyclic) bond motifs is 1. The molecule has 1 aliphatic rings. The van der Waals surface area contributed by atoms with Crippen LogP contribution < -0.4 is 11.3 Å². The zero-order valence-corrected chi connectivity index (χ0v) is 21.8. The van der Waals surface area contributed by atoms with E-state index in [1.807, 2.05) is 18.2 Å². The van der Waals surface area contributed by atoms with E-state index < -0.39 is 0 Å². The zero-order valence-electron chi connectivity index (χ0n) is 21.0. The molecule has 36 heavy (non-hydrogen) atoms. The first-order chi connectivity index (χ1) is 16.7. The van der Waals surface area contributed by atoms with E-state index in [1.54, 1.807) is 19.2 Å². The minimum absolute atomic E-state index is 0. The fourth-order valence-corrected chi connectivity index (χ4v) is 5.63. The number of rotatable bonds is 4. The molecular formula is C27H32ClFN6O. The Balaban J connectivity index is 0.00000304. The summed E-state index contributed by atoms with van der Waals surface area (Å²) in [6, 6.07) is 10.2. The van der Waals surface area contributed by atoms with E-state index in [2.05, 4.69) is 35.3 Å². The van der Waals surface area contributed by atoms with Gasteiger partial charge in [-0.05, 0) is 61.6 Å². The molecule has 1 saturated carbocycles. The number of imidazole rings is 1. The molecule has 3 heterocycles. The molecule has 3 unspecified atom stereocenters. The number of aromatic nitrogens is 5. The first kappa shape index (κ1) is 25.8. The Labute approximate surface area is 215 Å². The third-order valence-corrected chi connectivity index (χ3v) is 7.78. The van der Waals surface area contributed by atoms with Crippen LogP contribution >= 0.6 is 12.4 Å². The lowest BCUT2D eigenvalue weighted by molar-refractivity contribution is 0.0913. The van der Waals surface area contributed by atoms with E-state index in [9.17, 15) is 9.18 Å². The molecule has 1 aromatic carbocycles. The SMILES string of the molecule is Cc1nc(N)c2nc(-c3cccc(F)c3)n(C3CC(c4ccc[nH]c4=O)CC(C)(C(C)C)C3)c2n1.Cl. The molecule has 0 spiro atoms. The number of halogens is 2. The van der Waals surface area contributed by atoms with Gasteiger partial charge in [0.25, 0.3) is 5.56 Å². The van der Waals surface area contributed by atoms with Crippen LogP contribution in [-0.4, -0.2) is 24.5 Å². The minimum atomic E-state index is -0.333. The van der Waals surface area contributed by atoms with Crippen LogP contribution in [0.2, 0.25) is 0 Å². The second kappa shape index (κ2) is 9.65. The van der Waals surface area contributed by atoms with Crippen LogP contribution in [0.5, 0.6) is 0 Å². The fraction of sp³-hybridized carbons (Fsp3) is 0.407. The number of nitrogens with two attached hydrogens (primary N) is 1. The molecule has 3 atom stereocenters. The van der Waals surface area contributed by atoms with Crippen LogP contribution in [0, 0.1) is 24.1 Å². The van der Waals surface area contributed by atoms with Gasteiger partial charge in [-0.3, -0.25) is 4.79 Å². The van der Waals surface area contributed by atoms with Crippen LogP contribution in [0.15, 0.2) is 47.4 Å². The van der Waals surface area contributed by atoms with Gasteiger partial charge in [-0.2, -0.15) is 0 Å². The van der Waals surface area contributed by atoms with Gasteiger partial charge in [0.2, 0.25) is 0 Å². The topological polar surface area (TPSA) is 102 Å². The number of aromatic amines is 1. The third kappa shape index (κ3) is 4.50. The number of nitrogens with zero attached hydrogens (tertiary/aromatic N) is 4. The molecule has 3 aromatic heterocycles. The average Bonchev–Trinajstić information content (AvgIpc) is 3.19. The summed E-state index contributed by atoms with van der Waals surface area (Å²) in [5, 5.41) is 0. The largest absolute Gasteiger partial charge is 0.382 e. The van der Waals surface area contributed by atoms with Gasteiger partial charge < -0.3 is 15.3 Å². The summed E-state index contributed by atoms with van der Waals surface area (Å²) >= 11 is 0. The third-order valence-electron chi connectivity index (χ3n) is 7.78. The van der Waals surface area contributed by atoms with Crippen molar-refractivity contribution in [1.82, 2.24) is 24.5 Å². The lowest BCUT2D eigenvalue weighted by atomic mass is 9.62. The van der Waals surface area contributed by atoms with E-state index in [0.29, 0.717) is 40.1 Å². The molecule has 0 bridgehead atoms. The first-order valence-electron chi connectivity index (χ1n) is 12.1. The molecule has 9 heteroatoms. The summed E-state index contributed by atoms with van der Waals surface area (Å²) < 4.78 is 16.4. The number of hydrogen-bond acceptors (Lipinski definition) is 5. The molecule has 1 aliphatic carbocycles. The lowest BCUT2D eigenvalue weighted by Gasteiger charge is -2.45. The van der Waals surface area contributed by atoms with E-state index in [-0.39, 0.29) is 41.2 Å². The molecule has 4 aromatic rings. The Morgan fingerprint density at radius 2 is 1.94 bits per heavy atom. The van der Waals surface area contributed by atoms with Gasteiger partial charge in [-0.15, -0.1) is 12.4 Å². The van der Waals surface area contributed by atoms with Gasteiger partial charge in [0.05, 0.1) is 0 Å². The number of aryl methyl sites for hydroxylation is 1. The van der Waals surface area contributed by atoms with Crippen molar-refractivity contribution in [3.8, 4) is 11.4 Å². The number of pyridine rings is 1. The van der Waals surface area contributed by atoms with Crippen molar-refractivity contribution in [1.29, 1.82) is 0 Å². The number of H-pyrrole nitrogens is 1. The minimum Gasteiger partial charge on any atom is -0.382 e. The van der Waals surface area contributed by atoms with Crippen molar-refractivity contribution in [2.75, 3.05) is 5.73 Å². The summed E-state index contributed by atoms with van der Waals surface area (Å²) in [5.74, 6) is 1.60. The van der Waals surface area contributed by atoms with Crippen LogP contribution in [0.3, 0.4) is 0 Å². The summed E-state index contributed by atoms with van der Waals surface area (Å²) in [4.78, 5) is 29.5. The number of nitrogens with one attached hydrogen (secondary N) is 1. The Bertz CT molecular complexity index is 1460. The van der Waals surface area contributed by atoms with Gasteiger partial charge in [0.15, 0.2) is 17.0 Å². The molecule has 1 fully saturated rings. The van der Waals surface area contributed by atoms with Crippen molar-refractivity contribution in [3.05, 3.63) is 70.2 Å². The van der Waals surface area contributed by atoms with Crippen LogP contribution in [0.4, 0.5) is 10.2 Å². The van der Waals surface area contributed by atoms with Gasteiger partial charge in [0.1, 0.15) is 17.5 Å². The van der Waals surface area contributed by atoms with Gasteiger partial charge in [-0.1, -0.05) is 39.0 Å². The molecule has 190 valence electrons. The molecular weight excluding hydrogens is 479 g/mol. The second-order valence-electron chi connectivity index (χ2n) is 10.4. The molecule has 0 aliphatic heterocycles. The van der Waals surface area contributed by atoms with E-state index >= 15 is 0 Å². The molecule has 3 N–H and O–H groups in total. The van der Waals surface area contributed by atoms with Crippen molar-refractivity contribution < 1.29 is 4.39 Å². The lowest BCUT2D eigenvalue weighted by Crippen LogP contribution is -2.37. The fourth-order valence-electron chi connectivity index (χ4n) is 5.63. The molecule has 0 radical (unpaired) electrons. The first-order valence-corrected chi connectivity index (χ1v) is 12.1. The normalized spacial score (nSPS) is 22.1. The second-order valence-corrected chi connectivity index (χ2v) is 10.4. The van der Waals surface area contributed by atoms with Crippen molar-refractivity contribution in [3.63, 3.8) is 0 Å². The van der Waals surface area contributed by atoms with Crippen LogP contribution in [0.1, 0.15) is 63.4 Å². The molecule has 0 amide bonds. The van der Waals surface area contributed by atoms with E-state index in [4.69, 9.17) is 15.7 Å². The Morgan fingerprint density at radius 1 is 1.17 bits per heavy atom. The number of hydrogen-bond donors (Lipinski definition) is 2. The molecule has 7 nitrogen and oxygen atoms in total. The van der Waals surface area contributed by atoms with E-state index in [0.717, 1.165) is 24.8 Å². The molecule has 0 saturated heterocycles. The summed E-state index contributed by atoms with van der Waals surface area (Å²) in [6.07, 6.45) is 4.20. The highest BCUT2D eigenvalue weighted by Gasteiger charge is 2.42. The zero-order chi connectivity index (χ0) is 24.9. The van der Waals surface area contributed by atoms with Gasteiger partial charge in [-0.25, -0.2) is 19.3 Å². The van der Waals surface area contributed by atoms with Crippen LogP contribution in [-0.2, 0) is 0 Å². The van der Waals surface area contributed by atoms with Gasteiger partial charge in [0, 0.05) is 23.4 Å². The van der Waals surface area contributed by atoms with Gasteiger partial charge >= 0.3 is 0 Å². The number of anilines is 1. The Kier molecular flexibility index (Phi) is 6.92. The van der Waals surface area contributed by atoms with Crippen LogP contribution in [0.25, 0.3) is 22.6 Å². The maximum atomic E-state index is 14.3. The quantitative estimate of drug-likeness (QED) is 0.361. The maximum Gasteiger partial charge on any atom is 0.251 e.